The lowest BCUT2D eigenvalue weighted by Gasteiger charge is -2.06. The number of fused-ring (bicyclic) bond motifs is 1. The summed E-state index contributed by atoms with van der Waals surface area (Å²) in [6.07, 6.45) is 4.50. The number of ether oxygens (including phenoxy) is 1. The van der Waals surface area contributed by atoms with Crippen molar-refractivity contribution in [3.63, 3.8) is 0 Å². The second-order valence-corrected chi connectivity index (χ2v) is 6.70. The summed E-state index contributed by atoms with van der Waals surface area (Å²) >= 11 is 0. The van der Waals surface area contributed by atoms with Gasteiger partial charge >= 0.3 is 5.97 Å². The zero-order chi connectivity index (χ0) is 20.2. The predicted molar refractivity (Wildman–Crippen MR) is 110 cm³/mol. The summed E-state index contributed by atoms with van der Waals surface area (Å²) in [6.45, 7) is 4.15. The number of carbonyl (C=O) groups is 1. The first-order chi connectivity index (χ1) is 14.1. The molecule has 4 heterocycles. The number of nitrogens with zero attached hydrogens (tertiary/aromatic N) is 4. The standard InChI is InChI=1S/C22H21N5O2/c1-3-29-21(28)10-7-15-11-20-18(23-12-15)9-8-17(26-20)16-13-24-27-22(16)19-6-4-5-14(2)25-19/h4-6,8-9,11-13H,3,7,10H2,1-2H3,(H,24,27). The fourth-order valence-corrected chi connectivity index (χ4v) is 3.17. The van der Waals surface area contributed by atoms with Crippen LogP contribution in [0.1, 0.15) is 24.6 Å². The number of aromatic amines is 1. The lowest BCUT2D eigenvalue weighted by atomic mass is 10.1. The molecule has 7 nitrogen and oxygen atoms in total. The van der Waals surface area contributed by atoms with Crippen LogP contribution in [0.15, 0.2) is 48.8 Å². The summed E-state index contributed by atoms with van der Waals surface area (Å²) in [4.78, 5) is 25.4. The van der Waals surface area contributed by atoms with Gasteiger partial charge in [0.25, 0.3) is 0 Å². The first-order valence-electron chi connectivity index (χ1n) is 9.53. The number of aryl methyl sites for hydroxylation is 2. The van der Waals surface area contributed by atoms with Gasteiger partial charge in [-0.25, -0.2) is 4.98 Å². The second-order valence-electron chi connectivity index (χ2n) is 6.70. The summed E-state index contributed by atoms with van der Waals surface area (Å²) in [5.74, 6) is -0.206. The van der Waals surface area contributed by atoms with Crippen LogP contribution >= 0.6 is 0 Å². The Kier molecular flexibility index (Phi) is 5.29. The molecule has 29 heavy (non-hydrogen) atoms. The van der Waals surface area contributed by atoms with E-state index >= 15 is 0 Å². The summed E-state index contributed by atoms with van der Waals surface area (Å²) in [5, 5.41) is 7.30. The maximum Gasteiger partial charge on any atom is 0.306 e. The van der Waals surface area contributed by atoms with Crippen molar-refractivity contribution in [2.75, 3.05) is 6.61 Å². The molecule has 146 valence electrons. The summed E-state index contributed by atoms with van der Waals surface area (Å²) in [6, 6.07) is 11.7. The first kappa shape index (κ1) is 18.7. The highest BCUT2D eigenvalue weighted by atomic mass is 16.5. The molecule has 4 aromatic heterocycles. The molecule has 0 aliphatic carbocycles. The number of hydrogen-bond acceptors (Lipinski definition) is 6. The van der Waals surface area contributed by atoms with Gasteiger partial charge < -0.3 is 4.74 Å². The zero-order valence-electron chi connectivity index (χ0n) is 16.3. The van der Waals surface area contributed by atoms with E-state index in [1.165, 1.54) is 0 Å². The van der Waals surface area contributed by atoms with Gasteiger partial charge in [0.2, 0.25) is 0 Å². The van der Waals surface area contributed by atoms with E-state index in [1.807, 2.05) is 49.5 Å². The Morgan fingerprint density at radius 1 is 1.10 bits per heavy atom. The molecule has 0 atom stereocenters. The van der Waals surface area contributed by atoms with Gasteiger partial charge in [-0.3, -0.25) is 19.9 Å². The van der Waals surface area contributed by atoms with Gasteiger partial charge in [0, 0.05) is 30.1 Å². The van der Waals surface area contributed by atoms with Crippen molar-refractivity contribution in [1.82, 2.24) is 25.1 Å². The van der Waals surface area contributed by atoms with Gasteiger partial charge in [0.15, 0.2) is 0 Å². The number of nitrogens with one attached hydrogen (secondary N) is 1. The van der Waals surface area contributed by atoms with Gasteiger partial charge in [-0.2, -0.15) is 5.10 Å². The number of rotatable bonds is 6. The Labute approximate surface area is 168 Å². The highest BCUT2D eigenvalue weighted by Gasteiger charge is 2.14. The van der Waals surface area contributed by atoms with E-state index in [2.05, 4.69) is 20.2 Å². The lowest BCUT2D eigenvalue weighted by Crippen LogP contribution is -2.05. The largest absolute Gasteiger partial charge is 0.466 e. The molecule has 0 radical (unpaired) electrons. The van der Waals surface area contributed by atoms with Crippen LogP contribution in [0.3, 0.4) is 0 Å². The topological polar surface area (TPSA) is 93.7 Å². The van der Waals surface area contributed by atoms with Gasteiger partial charge in [-0.1, -0.05) is 6.07 Å². The molecule has 7 heteroatoms. The highest BCUT2D eigenvalue weighted by molar-refractivity contribution is 5.82. The molecule has 0 fully saturated rings. The Hall–Kier alpha value is -3.61. The molecule has 1 N–H and O–H groups in total. The molecule has 0 spiro atoms. The quantitative estimate of drug-likeness (QED) is 0.505. The molecule has 0 aliphatic heterocycles. The molecule has 0 saturated heterocycles. The van der Waals surface area contributed by atoms with E-state index in [1.54, 1.807) is 13.1 Å². The molecular weight excluding hydrogens is 366 g/mol. The smallest absolute Gasteiger partial charge is 0.306 e. The number of esters is 1. The van der Waals surface area contributed by atoms with Gasteiger partial charge in [-0.15, -0.1) is 0 Å². The average Bonchev–Trinajstić information content (AvgIpc) is 3.22. The molecule has 0 bridgehead atoms. The van der Waals surface area contributed by atoms with E-state index < -0.39 is 0 Å². The number of aromatic nitrogens is 5. The molecule has 4 rings (SSSR count). The van der Waals surface area contributed by atoms with Crippen LogP contribution in [0.5, 0.6) is 0 Å². The third-order valence-corrected chi connectivity index (χ3v) is 4.56. The molecular formula is C22H21N5O2. The van der Waals surface area contributed by atoms with Crippen LogP contribution in [-0.2, 0) is 16.0 Å². The van der Waals surface area contributed by atoms with Crippen LogP contribution in [0.25, 0.3) is 33.7 Å². The third kappa shape index (κ3) is 4.13. The van der Waals surface area contributed by atoms with Gasteiger partial charge in [-0.05, 0) is 56.2 Å². The normalized spacial score (nSPS) is 11.0. The van der Waals surface area contributed by atoms with Crippen molar-refractivity contribution in [1.29, 1.82) is 0 Å². The predicted octanol–water partition coefficient (Wildman–Crippen LogP) is 3.89. The minimum atomic E-state index is -0.206. The summed E-state index contributed by atoms with van der Waals surface area (Å²) < 4.78 is 4.99. The number of hydrogen-bond donors (Lipinski definition) is 1. The van der Waals surface area contributed by atoms with Crippen LogP contribution < -0.4 is 0 Å². The zero-order valence-corrected chi connectivity index (χ0v) is 16.3. The maximum atomic E-state index is 11.6. The molecule has 0 amide bonds. The molecule has 0 aromatic carbocycles. The number of H-pyrrole nitrogens is 1. The van der Waals surface area contributed by atoms with Crippen LogP contribution in [0, 0.1) is 6.92 Å². The Morgan fingerprint density at radius 2 is 2.00 bits per heavy atom. The van der Waals surface area contributed by atoms with E-state index in [-0.39, 0.29) is 5.97 Å². The minimum Gasteiger partial charge on any atom is -0.466 e. The van der Waals surface area contributed by atoms with E-state index in [9.17, 15) is 4.79 Å². The monoisotopic (exact) mass is 387 g/mol. The average molecular weight is 387 g/mol. The van der Waals surface area contributed by atoms with E-state index in [4.69, 9.17) is 9.72 Å². The van der Waals surface area contributed by atoms with Gasteiger partial charge in [0.05, 0.1) is 29.0 Å². The fraction of sp³-hybridized carbons (Fsp3) is 0.227. The first-order valence-corrected chi connectivity index (χ1v) is 9.53. The number of carbonyl (C=O) groups excluding carboxylic acids is 1. The van der Waals surface area contributed by atoms with Crippen molar-refractivity contribution >= 4 is 17.0 Å². The van der Waals surface area contributed by atoms with Crippen LogP contribution in [-0.4, -0.2) is 37.7 Å². The highest BCUT2D eigenvalue weighted by Crippen LogP contribution is 2.29. The third-order valence-electron chi connectivity index (χ3n) is 4.56. The van der Waals surface area contributed by atoms with Crippen LogP contribution in [0.4, 0.5) is 0 Å². The minimum absolute atomic E-state index is 0.206. The lowest BCUT2D eigenvalue weighted by molar-refractivity contribution is -0.143. The van der Waals surface area contributed by atoms with E-state index in [0.717, 1.165) is 44.9 Å². The van der Waals surface area contributed by atoms with Gasteiger partial charge in [0.1, 0.15) is 5.69 Å². The summed E-state index contributed by atoms with van der Waals surface area (Å²) in [7, 11) is 0. The van der Waals surface area contributed by atoms with Crippen LogP contribution in [0.2, 0.25) is 0 Å². The van der Waals surface area contributed by atoms with Crippen molar-refractivity contribution < 1.29 is 9.53 Å². The molecule has 0 aliphatic rings. The van der Waals surface area contributed by atoms with Crippen molar-refractivity contribution in [3.8, 4) is 22.6 Å². The second kappa shape index (κ2) is 8.18. The fourth-order valence-electron chi connectivity index (χ4n) is 3.17. The van der Waals surface area contributed by atoms with E-state index in [0.29, 0.717) is 19.4 Å². The molecule has 0 unspecified atom stereocenters. The van der Waals surface area contributed by atoms with Crippen molar-refractivity contribution in [3.05, 3.63) is 60.0 Å². The Bertz CT molecular complexity index is 1170. The Balaban J connectivity index is 1.66. The number of pyridine rings is 3. The van der Waals surface area contributed by atoms with Crippen molar-refractivity contribution in [2.24, 2.45) is 0 Å². The SMILES string of the molecule is CCOC(=O)CCc1cnc2ccc(-c3c[nH]nc3-c3cccc(C)n3)nc2c1. The maximum absolute atomic E-state index is 11.6. The van der Waals surface area contributed by atoms with Crippen molar-refractivity contribution in [2.45, 2.75) is 26.7 Å². The molecule has 0 saturated carbocycles. The molecule has 4 aromatic rings. The summed E-state index contributed by atoms with van der Waals surface area (Å²) in [5.41, 5.74) is 6.66. The Morgan fingerprint density at radius 3 is 2.83 bits per heavy atom.